The van der Waals surface area contributed by atoms with Gasteiger partial charge < -0.3 is 9.64 Å². The Hall–Kier alpha value is -3.84. The average molecular weight is 443 g/mol. The molecule has 1 aromatic heterocycles. The van der Waals surface area contributed by atoms with Crippen molar-refractivity contribution in [3.63, 3.8) is 0 Å². The van der Waals surface area contributed by atoms with E-state index in [9.17, 15) is 4.79 Å². The summed E-state index contributed by atoms with van der Waals surface area (Å²) in [5.41, 5.74) is 1.45. The van der Waals surface area contributed by atoms with Crippen LogP contribution in [0.4, 0.5) is 5.82 Å². The van der Waals surface area contributed by atoms with Crippen molar-refractivity contribution >= 4 is 17.4 Å². The van der Waals surface area contributed by atoms with E-state index in [1.54, 1.807) is 6.20 Å². The van der Waals surface area contributed by atoms with Gasteiger partial charge in [-0.2, -0.15) is 4.98 Å². The van der Waals surface area contributed by atoms with Gasteiger partial charge >= 0.3 is 0 Å². The van der Waals surface area contributed by atoms with Crippen molar-refractivity contribution in [3.8, 4) is 11.5 Å². The van der Waals surface area contributed by atoms with Gasteiger partial charge in [-0.05, 0) is 62.2 Å². The van der Waals surface area contributed by atoms with Crippen LogP contribution in [-0.2, 0) is 4.79 Å². The van der Waals surface area contributed by atoms with E-state index in [2.05, 4.69) is 23.5 Å². The highest BCUT2D eigenvalue weighted by Crippen LogP contribution is 2.28. The molecule has 1 atom stereocenters. The summed E-state index contributed by atoms with van der Waals surface area (Å²) in [6.07, 6.45) is 6.42. The molecule has 168 valence electrons. The van der Waals surface area contributed by atoms with Gasteiger partial charge in [0.05, 0.1) is 16.8 Å². The number of nitrogens with two attached hydrogens (primary N) is 1. The molecule has 3 N–H and O–H groups in total. The summed E-state index contributed by atoms with van der Waals surface area (Å²) in [5, 5.41) is 10.8. The first-order chi connectivity index (χ1) is 16.0. The van der Waals surface area contributed by atoms with E-state index < -0.39 is 0 Å². The minimum absolute atomic E-state index is 0.0446. The summed E-state index contributed by atoms with van der Waals surface area (Å²) in [6, 6.07) is 17.0. The number of carbonyl (C=O) groups excluding carboxylic acids is 1. The van der Waals surface area contributed by atoms with Gasteiger partial charge in [-0.15, -0.1) is 0 Å². The highest BCUT2D eigenvalue weighted by molar-refractivity contribution is 6.12. The zero-order chi connectivity index (χ0) is 23.3. The fraction of sp³-hybridized carbons (Fsp3) is 0.231. The van der Waals surface area contributed by atoms with Crippen LogP contribution in [-0.4, -0.2) is 45.1 Å². The number of nitrogens with one attached hydrogen (secondary N) is 1. The number of nitrogens with zero attached hydrogens (tertiary/aromatic N) is 3. The number of hydrogen-bond acceptors (Lipinski definition) is 5. The van der Waals surface area contributed by atoms with Gasteiger partial charge in [-0.3, -0.25) is 15.5 Å². The standard InChI is InChI=1S/C26H27N5O2/c1-3-23(32)31-15-7-14-26(31,2)17-29-25-22(16-28-18-30-25)24(27)19-10-12-21(13-11-19)33-20-8-5-4-6-9-20/h3-6,8-13,16,18,27H,1,7,14-15,17H2,2H3,(H,28,29,30)/p+1/t26-/m0/s1. The summed E-state index contributed by atoms with van der Waals surface area (Å²) < 4.78 is 5.85. The van der Waals surface area contributed by atoms with Crippen LogP contribution in [0.25, 0.3) is 0 Å². The van der Waals surface area contributed by atoms with Gasteiger partial charge in [0.25, 0.3) is 0 Å². The Morgan fingerprint density at radius 3 is 2.67 bits per heavy atom. The SMILES string of the molecule is C=CC(=O)N1CCC[C@@]1(C)C[NH2+]c1ncncc1C(=N)c1ccc(Oc2ccccc2)cc1. The molecule has 2 aromatic carbocycles. The highest BCUT2D eigenvalue weighted by Gasteiger charge is 2.40. The Balaban J connectivity index is 1.48. The predicted molar refractivity (Wildman–Crippen MR) is 127 cm³/mol. The predicted octanol–water partition coefficient (Wildman–Crippen LogP) is 3.45. The number of ether oxygens (including phenoxy) is 1. The monoisotopic (exact) mass is 442 g/mol. The maximum absolute atomic E-state index is 12.3. The number of aromatic nitrogens is 2. The Kier molecular flexibility index (Phi) is 6.60. The Labute approximate surface area is 193 Å². The van der Waals surface area contributed by atoms with Crippen LogP contribution in [0.2, 0.25) is 0 Å². The van der Waals surface area contributed by atoms with Crippen LogP contribution in [0, 0.1) is 5.41 Å². The zero-order valence-electron chi connectivity index (χ0n) is 18.7. The van der Waals surface area contributed by atoms with Crippen LogP contribution in [0.1, 0.15) is 30.9 Å². The van der Waals surface area contributed by atoms with Crippen LogP contribution in [0.15, 0.2) is 79.8 Å². The lowest BCUT2D eigenvalue weighted by molar-refractivity contribution is -0.585. The maximum Gasteiger partial charge on any atom is 0.246 e. The van der Waals surface area contributed by atoms with Crippen LogP contribution >= 0.6 is 0 Å². The van der Waals surface area contributed by atoms with Crippen molar-refractivity contribution in [2.75, 3.05) is 13.1 Å². The van der Waals surface area contributed by atoms with Crippen LogP contribution in [0.5, 0.6) is 11.5 Å². The lowest BCUT2D eigenvalue weighted by Gasteiger charge is -2.32. The first kappa shape index (κ1) is 22.4. The van der Waals surface area contributed by atoms with Gasteiger partial charge in [0, 0.05) is 18.3 Å². The zero-order valence-corrected chi connectivity index (χ0v) is 18.7. The Morgan fingerprint density at radius 2 is 1.94 bits per heavy atom. The van der Waals surface area contributed by atoms with Gasteiger partial charge in [0.1, 0.15) is 24.4 Å². The molecule has 0 saturated carbocycles. The van der Waals surface area contributed by atoms with E-state index in [1.165, 1.54) is 12.4 Å². The number of hydrogen-bond donors (Lipinski definition) is 2. The van der Waals surface area contributed by atoms with Crippen LogP contribution in [0.3, 0.4) is 0 Å². The highest BCUT2D eigenvalue weighted by atomic mass is 16.5. The quantitative estimate of drug-likeness (QED) is 0.413. The third-order valence-corrected chi connectivity index (χ3v) is 6.06. The molecule has 1 aliphatic heterocycles. The van der Waals surface area contributed by atoms with Crippen LogP contribution < -0.4 is 10.1 Å². The summed E-state index contributed by atoms with van der Waals surface area (Å²) in [6.45, 7) is 7.10. The van der Waals surface area contributed by atoms with Crippen molar-refractivity contribution in [1.29, 1.82) is 5.41 Å². The third-order valence-electron chi connectivity index (χ3n) is 6.06. The molecule has 0 unspecified atom stereocenters. The minimum Gasteiger partial charge on any atom is -0.457 e. The average Bonchev–Trinajstić information content (AvgIpc) is 3.25. The molecular weight excluding hydrogens is 414 g/mol. The molecule has 2 heterocycles. The molecule has 4 rings (SSSR count). The van der Waals surface area contributed by atoms with Gasteiger partial charge in [0.2, 0.25) is 11.7 Å². The molecule has 7 nitrogen and oxygen atoms in total. The van der Waals surface area contributed by atoms with E-state index in [4.69, 9.17) is 10.1 Å². The maximum atomic E-state index is 12.3. The number of para-hydroxylation sites is 1. The number of likely N-dealkylation sites (tertiary alicyclic amines) is 1. The number of quaternary nitrogens is 1. The second-order valence-corrected chi connectivity index (χ2v) is 8.34. The molecule has 1 amide bonds. The molecule has 0 spiro atoms. The lowest BCUT2D eigenvalue weighted by atomic mass is 9.98. The van der Waals surface area contributed by atoms with Gasteiger partial charge in [-0.1, -0.05) is 24.8 Å². The molecule has 1 fully saturated rings. The molecular formula is C26H28N5O2+. The fourth-order valence-electron chi connectivity index (χ4n) is 4.20. The van der Waals surface area contributed by atoms with Crippen molar-refractivity contribution in [1.82, 2.24) is 14.9 Å². The topological polar surface area (TPSA) is 95.8 Å². The Morgan fingerprint density at radius 1 is 1.21 bits per heavy atom. The molecule has 3 aromatic rings. The van der Waals surface area contributed by atoms with E-state index in [1.807, 2.05) is 64.8 Å². The number of rotatable bonds is 8. The number of carbonyl (C=O) groups is 1. The summed E-state index contributed by atoms with van der Waals surface area (Å²) in [5.74, 6) is 2.11. The van der Waals surface area contributed by atoms with Crippen molar-refractivity contribution in [2.24, 2.45) is 0 Å². The summed E-state index contributed by atoms with van der Waals surface area (Å²) >= 11 is 0. The smallest absolute Gasteiger partial charge is 0.246 e. The second kappa shape index (κ2) is 9.75. The van der Waals surface area contributed by atoms with E-state index >= 15 is 0 Å². The molecule has 0 bridgehead atoms. The van der Waals surface area contributed by atoms with Gasteiger partial charge in [-0.25, -0.2) is 4.98 Å². The van der Waals surface area contributed by atoms with Crippen molar-refractivity contribution < 1.29 is 14.8 Å². The lowest BCUT2D eigenvalue weighted by Crippen LogP contribution is -2.84. The first-order valence-corrected chi connectivity index (χ1v) is 11.0. The minimum atomic E-state index is -0.286. The van der Waals surface area contributed by atoms with E-state index in [0.717, 1.165) is 30.7 Å². The third kappa shape index (κ3) is 4.99. The van der Waals surface area contributed by atoms with Crippen molar-refractivity contribution in [3.05, 3.63) is 90.9 Å². The first-order valence-electron chi connectivity index (χ1n) is 11.0. The molecule has 33 heavy (non-hydrogen) atoms. The molecule has 7 heteroatoms. The summed E-state index contributed by atoms with van der Waals surface area (Å²) in [4.78, 5) is 22.7. The molecule has 0 radical (unpaired) electrons. The summed E-state index contributed by atoms with van der Waals surface area (Å²) in [7, 11) is 0. The van der Waals surface area contributed by atoms with Crippen molar-refractivity contribution in [2.45, 2.75) is 25.3 Å². The molecule has 0 aliphatic carbocycles. The second-order valence-electron chi connectivity index (χ2n) is 8.34. The number of amides is 1. The van der Waals surface area contributed by atoms with E-state index in [-0.39, 0.29) is 11.4 Å². The normalized spacial score (nSPS) is 17.5. The number of benzene rings is 2. The largest absolute Gasteiger partial charge is 0.457 e. The Bertz CT molecular complexity index is 1150. The molecule has 1 aliphatic rings. The van der Waals surface area contributed by atoms with Gasteiger partial charge in [0.15, 0.2) is 0 Å². The fourth-order valence-corrected chi connectivity index (χ4v) is 4.20. The van der Waals surface area contributed by atoms with E-state index in [0.29, 0.717) is 29.4 Å². The molecule has 1 saturated heterocycles.